The van der Waals surface area contributed by atoms with Crippen molar-refractivity contribution in [3.8, 4) is 17.2 Å². The zero-order chi connectivity index (χ0) is 25.5. The Balaban J connectivity index is 2.05. The van der Waals surface area contributed by atoms with E-state index in [4.69, 9.17) is 23.9 Å². The summed E-state index contributed by atoms with van der Waals surface area (Å²) in [6.07, 6.45) is 2.32. The van der Waals surface area contributed by atoms with Crippen LogP contribution in [0.4, 0.5) is 0 Å². The summed E-state index contributed by atoms with van der Waals surface area (Å²) in [7, 11) is 2.95. The molecular formula is C25H28BrN3O6. The summed E-state index contributed by atoms with van der Waals surface area (Å²) in [6, 6.07) is 8.74. The van der Waals surface area contributed by atoms with Crippen molar-refractivity contribution in [3.05, 3.63) is 56.5 Å². The highest BCUT2D eigenvalue weighted by Crippen LogP contribution is 2.38. The Morgan fingerprint density at radius 2 is 1.86 bits per heavy atom. The van der Waals surface area contributed by atoms with E-state index < -0.39 is 5.97 Å². The third-order valence-corrected chi connectivity index (χ3v) is 5.82. The van der Waals surface area contributed by atoms with E-state index in [1.165, 1.54) is 25.1 Å². The van der Waals surface area contributed by atoms with E-state index >= 15 is 0 Å². The smallest absolute Gasteiger partial charge is 0.344 e. The van der Waals surface area contributed by atoms with Crippen molar-refractivity contribution in [2.24, 2.45) is 5.10 Å². The Hall–Kier alpha value is -3.40. The van der Waals surface area contributed by atoms with E-state index in [9.17, 15) is 9.59 Å². The third-order valence-electron chi connectivity index (χ3n) is 5.33. The van der Waals surface area contributed by atoms with Crippen molar-refractivity contribution in [1.29, 1.82) is 0 Å². The van der Waals surface area contributed by atoms with Crippen LogP contribution in [-0.2, 0) is 9.53 Å². The summed E-state index contributed by atoms with van der Waals surface area (Å²) < 4.78 is 23.5. The predicted octanol–water partition coefficient (Wildman–Crippen LogP) is 4.51. The van der Waals surface area contributed by atoms with Crippen LogP contribution in [0, 0.1) is 0 Å². The standard InChI is InChI=1S/C25H28BrN3O6/c1-6-15(3)24-28-19-9-8-17(26)12-18(19)25(31)29(24)27-13-16-10-20(32-4)23(21(11-16)33-5)35-14-22(30)34-7-2/h8-13,15H,6-7,14H2,1-5H3/t15-/m1/s1. The minimum Gasteiger partial charge on any atom is -0.493 e. The molecule has 0 aliphatic carbocycles. The van der Waals surface area contributed by atoms with E-state index in [0.717, 1.165) is 10.9 Å². The van der Waals surface area contributed by atoms with Gasteiger partial charge in [-0.25, -0.2) is 9.78 Å². The molecule has 0 unspecified atom stereocenters. The van der Waals surface area contributed by atoms with E-state index in [1.54, 1.807) is 25.1 Å². The van der Waals surface area contributed by atoms with Gasteiger partial charge in [-0.3, -0.25) is 4.79 Å². The lowest BCUT2D eigenvalue weighted by Crippen LogP contribution is -2.23. The molecule has 0 fully saturated rings. The van der Waals surface area contributed by atoms with E-state index in [2.05, 4.69) is 21.0 Å². The van der Waals surface area contributed by atoms with Crippen LogP contribution < -0.4 is 19.8 Å². The second kappa shape index (κ2) is 11.8. The number of carbonyl (C=O) groups excluding carboxylic acids is 1. The number of esters is 1. The average molecular weight is 546 g/mol. The van der Waals surface area contributed by atoms with Crippen molar-refractivity contribution >= 4 is 39.0 Å². The van der Waals surface area contributed by atoms with Gasteiger partial charge in [-0.2, -0.15) is 9.78 Å². The third kappa shape index (κ3) is 6.00. The molecule has 0 bridgehead atoms. The number of carbonyl (C=O) groups is 1. The van der Waals surface area contributed by atoms with Gasteiger partial charge in [-0.1, -0.05) is 29.8 Å². The van der Waals surface area contributed by atoms with Crippen molar-refractivity contribution < 1.29 is 23.7 Å². The summed E-state index contributed by atoms with van der Waals surface area (Å²) in [5.74, 6) is 1.01. The average Bonchev–Trinajstić information content (AvgIpc) is 2.86. The topological polar surface area (TPSA) is 101 Å². The first kappa shape index (κ1) is 26.2. The van der Waals surface area contributed by atoms with Crippen LogP contribution in [0.15, 0.2) is 44.7 Å². The molecule has 0 radical (unpaired) electrons. The van der Waals surface area contributed by atoms with E-state index in [0.29, 0.717) is 33.8 Å². The van der Waals surface area contributed by atoms with Gasteiger partial charge in [0, 0.05) is 16.0 Å². The number of hydrogen-bond donors (Lipinski definition) is 0. The second-order valence-electron chi connectivity index (χ2n) is 7.65. The quantitative estimate of drug-likeness (QED) is 0.272. The fraction of sp³-hybridized carbons (Fsp3) is 0.360. The molecule has 0 saturated heterocycles. The molecule has 2 aromatic carbocycles. The first-order valence-corrected chi connectivity index (χ1v) is 11.9. The zero-order valence-corrected chi connectivity index (χ0v) is 21.9. The summed E-state index contributed by atoms with van der Waals surface area (Å²) in [5.41, 5.74) is 0.945. The second-order valence-corrected chi connectivity index (χ2v) is 8.57. The monoisotopic (exact) mass is 545 g/mol. The number of fused-ring (bicyclic) bond motifs is 1. The fourth-order valence-corrected chi connectivity index (χ4v) is 3.72. The van der Waals surface area contributed by atoms with Gasteiger partial charge in [0.05, 0.1) is 37.9 Å². The molecule has 3 rings (SSSR count). The lowest BCUT2D eigenvalue weighted by Gasteiger charge is -2.15. The first-order valence-electron chi connectivity index (χ1n) is 11.1. The lowest BCUT2D eigenvalue weighted by atomic mass is 10.1. The largest absolute Gasteiger partial charge is 0.493 e. The van der Waals surface area contributed by atoms with Crippen molar-refractivity contribution in [1.82, 2.24) is 9.66 Å². The first-order chi connectivity index (χ1) is 16.8. The molecule has 3 aromatic rings. The molecule has 0 amide bonds. The number of rotatable bonds is 10. The van der Waals surface area contributed by atoms with Crippen LogP contribution in [0.1, 0.15) is 44.5 Å². The van der Waals surface area contributed by atoms with Crippen LogP contribution in [-0.4, -0.2) is 49.3 Å². The number of nitrogens with zero attached hydrogens (tertiary/aromatic N) is 3. The highest BCUT2D eigenvalue weighted by molar-refractivity contribution is 9.10. The fourth-order valence-electron chi connectivity index (χ4n) is 3.35. The Labute approximate surface area is 211 Å². The Bertz CT molecular complexity index is 1280. The highest BCUT2D eigenvalue weighted by atomic mass is 79.9. The highest BCUT2D eigenvalue weighted by Gasteiger charge is 2.18. The molecule has 9 nitrogen and oxygen atoms in total. The molecule has 186 valence electrons. The minimum atomic E-state index is -0.505. The maximum Gasteiger partial charge on any atom is 0.344 e. The predicted molar refractivity (Wildman–Crippen MR) is 137 cm³/mol. The van der Waals surface area contributed by atoms with E-state index in [1.807, 2.05) is 26.0 Å². The number of benzene rings is 2. The summed E-state index contributed by atoms with van der Waals surface area (Å²) in [5, 5.41) is 4.94. The van der Waals surface area contributed by atoms with Gasteiger partial charge in [0.2, 0.25) is 5.75 Å². The molecule has 0 aliphatic rings. The number of halogens is 1. The Kier molecular flexibility index (Phi) is 8.86. The SMILES string of the molecule is CCOC(=O)COc1c(OC)cc(C=Nn2c([C@H](C)CC)nc3ccc(Br)cc3c2=O)cc1OC. The van der Waals surface area contributed by atoms with Gasteiger partial charge in [0.25, 0.3) is 5.56 Å². The van der Waals surface area contributed by atoms with Gasteiger partial charge in [0.15, 0.2) is 18.1 Å². The molecule has 0 saturated carbocycles. The Morgan fingerprint density at radius 1 is 1.17 bits per heavy atom. The van der Waals surface area contributed by atoms with Gasteiger partial charge in [0.1, 0.15) is 5.82 Å². The van der Waals surface area contributed by atoms with Gasteiger partial charge in [-0.05, 0) is 43.7 Å². The van der Waals surface area contributed by atoms with Crippen LogP contribution in [0.3, 0.4) is 0 Å². The number of aromatic nitrogens is 2. The molecule has 1 aromatic heterocycles. The van der Waals surface area contributed by atoms with Crippen LogP contribution in [0.2, 0.25) is 0 Å². The van der Waals surface area contributed by atoms with Crippen molar-refractivity contribution in [3.63, 3.8) is 0 Å². The normalized spacial score (nSPS) is 12.1. The van der Waals surface area contributed by atoms with E-state index in [-0.39, 0.29) is 30.4 Å². The molecule has 0 spiro atoms. The van der Waals surface area contributed by atoms with Crippen molar-refractivity contribution in [2.75, 3.05) is 27.4 Å². The maximum atomic E-state index is 13.3. The summed E-state index contributed by atoms with van der Waals surface area (Å²) >= 11 is 3.41. The maximum absolute atomic E-state index is 13.3. The Morgan fingerprint density at radius 3 is 2.46 bits per heavy atom. The molecule has 1 atom stereocenters. The van der Waals surface area contributed by atoms with Gasteiger partial charge >= 0.3 is 5.97 Å². The van der Waals surface area contributed by atoms with Gasteiger partial charge < -0.3 is 18.9 Å². The van der Waals surface area contributed by atoms with Gasteiger partial charge in [-0.15, -0.1) is 0 Å². The number of hydrogen-bond acceptors (Lipinski definition) is 8. The number of ether oxygens (including phenoxy) is 4. The lowest BCUT2D eigenvalue weighted by molar-refractivity contribution is -0.145. The molecule has 10 heteroatoms. The summed E-state index contributed by atoms with van der Waals surface area (Å²) in [4.78, 5) is 29.7. The number of methoxy groups -OCH3 is 2. The minimum absolute atomic E-state index is 0.00983. The molecular weight excluding hydrogens is 518 g/mol. The van der Waals surface area contributed by atoms with Crippen molar-refractivity contribution in [2.45, 2.75) is 33.1 Å². The zero-order valence-electron chi connectivity index (χ0n) is 20.3. The molecule has 0 N–H and O–H groups in total. The van der Waals surface area contributed by atoms with Crippen LogP contribution >= 0.6 is 15.9 Å². The molecule has 0 aliphatic heterocycles. The molecule has 35 heavy (non-hydrogen) atoms. The van der Waals surface area contributed by atoms with Crippen LogP contribution in [0.5, 0.6) is 17.2 Å². The van der Waals surface area contributed by atoms with Crippen LogP contribution in [0.25, 0.3) is 10.9 Å². The molecule has 1 heterocycles. The summed E-state index contributed by atoms with van der Waals surface area (Å²) in [6.45, 7) is 5.71.